The van der Waals surface area contributed by atoms with E-state index < -0.39 is 32.5 Å². The zero-order valence-corrected chi connectivity index (χ0v) is 30.4. The molecule has 0 radical (unpaired) electrons. The average molecular weight is 681 g/mol. The Balaban J connectivity index is 1.70. The first-order valence-corrected chi connectivity index (χ1v) is 19.2. The first-order chi connectivity index (χ1) is 22.5. The number of aryl methyl sites for hydroxylation is 1. The molecular formula is C36H61N2O8P. The molecule has 0 bridgehead atoms. The minimum Gasteiger partial charge on any atom is -0.756 e. The quantitative estimate of drug-likeness (QED) is 0.0391. The van der Waals surface area contributed by atoms with Gasteiger partial charge in [0.25, 0.3) is 7.82 Å². The Morgan fingerprint density at radius 3 is 2.04 bits per heavy atom. The summed E-state index contributed by atoms with van der Waals surface area (Å²) in [7, 11) is 1.14. The Morgan fingerprint density at radius 2 is 1.38 bits per heavy atom. The van der Waals surface area contributed by atoms with Gasteiger partial charge in [0.05, 0.1) is 27.7 Å². The summed E-state index contributed by atoms with van der Waals surface area (Å²) >= 11 is 0. The number of phosphoric acid groups is 1. The summed E-state index contributed by atoms with van der Waals surface area (Å²) in [5.74, 6) is -0.870. The summed E-state index contributed by atoms with van der Waals surface area (Å²) in [6.45, 7) is 2.85. The van der Waals surface area contributed by atoms with Crippen molar-refractivity contribution in [2.45, 2.75) is 122 Å². The highest BCUT2D eigenvalue weighted by atomic mass is 31.2. The van der Waals surface area contributed by atoms with E-state index in [1.165, 1.54) is 49.4 Å². The largest absolute Gasteiger partial charge is 0.756 e. The molecule has 10 nitrogen and oxygen atoms in total. The monoisotopic (exact) mass is 680 g/mol. The van der Waals surface area contributed by atoms with Gasteiger partial charge in [-0.3, -0.25) is 14.2 Å². The molecule has 0 aliphatic carbocycles. The van der Waals surface area contributed by atoms with Gasteiger partial charge in [-0.1, -0.05) is 95.8 Å². The van der Waals surface area contributed by atoms with Crippen molar-refractivity contribution in [3.63, 3.8) is 0 Å². The van der Waals surface area contributed by atoms with Gasteiger partial charge >= 0.3 is 11.9 Å². The van der Waals surface area contributed by atoms with Crippen LogP contribution in [-0.2, 0) is 39.2 Å². The third kappa shape index (κ3) is 20.0. The summed E-state index contributed by atoms with van der Waals surface area (Å²) < 4.78 is 36.0. The fraction of sp³-hybridized carbons (Fsp3) is 0.722. The second-order valence-electron chi connectivity index (χ2n) is 13.5. The molecule has 1 aromatic carbocycles. The third-order valence-electron chi connectivity index (χ3n) is 8.10. The number of carbonyl (C=O) groups is 2. The van der Waals surface area contributed by atoms with E-state index in [9.17, 15) is 19.0 Å². The SMILES string of the molecule is CCCCCCCCCCCC(=O)OC[C@H](COP(=O)([O-])OCC[N+](C)(C)C)OC(=O)CCCCCCCn1ccc2ccccc21. The maximum absolute atomic E-state index is 12.6. The third-order valence-corrected chi connectivity index (χ3v) is 9.07. The molecule has 0 N–H and O–H groups in total. The van der Waals surface area contributed by atoms with E-state index in [4.69, 9.17) is 18.5 Å². The summed E-state index contributed by atoms with van der Waals surface area (Å²) in [4.78, 5) is 37.3. The normalized spacial score (nSPS) is 13.8. The number of unbranched alkanes of at least 4 members (excludes halogenated alkanes) is 12. The lowest BCUT2D eigenvalue weighted by Crippen LogP contribution is -2.37. The molecule has 0 fully saturated rings. The number of fused-ring (bicyclic) bond motifs is 1. The van der Waals surface area contributed by atoms with Gasteiger partial charge in [0.2, 0.25) is 0 Å². The van der Waals surface area contributed by atoms with Gasteiger partial charge in [-0.25, -0.2) is 0 Å². The Kier molecular flexibility index (Phi) is 20.2. The molecule has 2 aromatic rings. The van der Waals surface area contributed by atoms with Crippen LogP contribution in [0.1, 0.15) is 110 Å². The topological polar surface area (TPSA) is 116 Å². The summed E-state index contributed by atoms with van der Waals surface area (Å²) in [5.41, 5.74) is 1.24. The van der Waals surface area contributed by atoms with Crippen molar-refractivity contribution in [2.24, 2.45) is 0 Å². The van der Waals surface area contributed by atoms with Crippen LogP contribution in [0.15, 0.2) is 36.5 Å². The number of para-hydroxylation sites is 1. The summed E-state index contributed by atoms with van der Waals surface area (Å²) in [5, 5.41) is 1.24. The number of rotatable bonds is 28. The van der Waals surface area contributed by atoms with Gasteiger partial charge in [0.1, 0.15) is 19.8 Å². The molecular weight excluding hydrogens is 619 g/mol. The lowest BCUT2D eigenvalue weighted by Gasteiger charge is -2.28. The minimum absolute atomic E-state index is 0.0372. The van der Waals surface area contributed by atoms with E-state index in [2.05, 4.69) is 42.0 Å². The van der Waals surface area contributed by atoms with E-state index in [1.54, 1.807) is 0 Å². The first kappa shape index (κ1) is 40.9. The molecule has 0 aliphatic heterocycles. The number of ether oxygens (including phenoxy) is 2. The number of esters is 2. The number of likely N-dealkylation sites (N-methyl/N-ethyl adjacent to an activating group) is 1. The van der Waals surface area contributed by atoms with Gasteiger partial charge in [0, 0.05) is 31.1 Å². The number of quaternary nitrogens is 1. The Bertz CT molecular complexity index is 1200. The van der Waals surface area contributed by atoms with Crippen molar-refractivity contribution in [3.8, 4) is 0 Å². The van der Waals surface area contributed by atoms with E-state index >= 15 is 0 Å². The highest BCUT2D eigenvalue weighted by Crippen LogP contribution is 2.38. The lowest BCUT2D eigenvalue weighted by molar-refractivity contribution is -0.870. The van der Waals surface area contributed by atoms with Crippen molar-refractivity contribution in [3.05, 3.63) is 36.5 Å². The number of aromatic nitrogens is 1. The number of hydrogen-bond donors (Lipinski definition) is 0. The fourth-order valence-corrected chi connectivity index (χ4v) is 5.98. The number of hydrogen-bond acceptors (Lipinski definition) is 8. The van der Waals surface area contributed by atoms with Crippen LogP contribution in [0, 0.1) is 0 Å². The number of benzene rings is 1. The molecule has 0 saturated heterocycles. The summed E-state index contributed by atoms with van der Waals surface area (Å²) in [6.07, 6.45) is 16.4. The molecule has 47 heavy (non-hydrogen) atoms. The van der Waals surface area contributed by atoms with Crippen LogP contribution in [0.5, 0.6) is 0 Å². The first-order valence-electron chi connectivity index (χ1n) is 17.8. The molecule has 0 spiro atoms. The predicted molar refractivity (Wildman–Crippen MR) is 185 cm³/mol. The van der Waals surface area contributed by atoms with Gasteiger partial charge in [-0.2, -0.15) is 0 Å². The van der Waals surface area contributed by atoms with Crippen LogP contribution in [-0.4, -0.2) is 74.6 Å². The van der Waals surface area contributed by atoms with Crippen LogP contribution >= 0.6 is 7.82 Å². The maximum atomic E-state index is 12.6. The van der Waals surface area contributed by atoms with Gasteiger partial charge in [-0.15, -0.1) is 0 Å². The molecule has 1 aromatic heterocycles. The second-order valence-corrected chi connectivity index (χ2v) is 15.0. The molecule has 2 atom stereocenters. The minimum atomic E-state index is -4.62. The van der Waals surface area contributed by atoms with Crippen molar-refractivity contribution >= 4 is 30.7 Å². The van der Waals surface area contributed by atoms with Crippen LogP contribution in [0.3, 0.4) is 0 Å². The molecule has 1 unspecified atom stereocenters. The molecule has 0 saturated carbocycles. The average Bonchev–Trinajstić information content (AvgIpc) is 3.43. The van der Waals surface area contributed by atoms with E-state index in [1.807, 2.05) is 27.2 Å². The summed E-state index contributed by atoms with van der Waals surface area (Å²) in [6, 6.07) is 10.5. The van der Waals surface area contributed by atoms with Gasteiger partial charge in [0.15, 0.2) is 6.10 Å². The van der Waals surface area contributed by atoms with E-state index in [0.29, 0.717) is 17.4 Å². The van der Waals surface area contributed by atoms with Crippen LogP contribution < -0.4 is 4.89 Å². The molecule has 11 heteroatoms. The fourth-order valence-electron chi connectivity index (χ4n) is 5.25. The lowest BCUT2D eigenvalue weighted by atomic mass is 10.1. The van der Waals surface area contributed by atoms with Gasteiger partial charge in [-0.05, 0) is 36.8 Å². The molecule has 0 amide bonds. The highest BCUT2D eigenvalue weighted by molar-refractivity contribution is 7.45. The Labute approximate surface area is 283 Å². The number of carbonyl (C=O) groups excluding carboxylic acids is 2. The van der Waals surface area contributed by atoms with E-state index in [-0.39, 0.29) is 26.1 Å². The van der Waals surface area contributed by atoms with Crippen molar-refractivity contribution in [2.75, 3.05) is 47.5 Å². The number of phosphoric ester groups is 1. The Hall–Kier alpha value is -2.23. The highest BCUT2D eigenvalue weighted by Gasteiger charge is 2.21. The van der Waals surface area contributed by atoms with Crippen LogP contribution in [0.4, 0.5) is 0 Å². The molecule has 0 aliphatic rings. The van der Waals surface area contributed by atoms with Crippen molar-refractivity contribution in [1.82, 2.24) is 4.57 Å². The van der Waals surface area contributed by atoms with Crippen LogP contribution in [0.2, 0.25) is 0 Å². The zero-order valence-electron chi connectivity index (χ0n) is 29.5. The number of nitrogens with zero attached hydrogens (tertiary/aromatic N) is 2. The molecule has 2 rings (SSSR count). The molecule has 268 valence electrons. The second kappa shape index (κ2) is 23.2. The van der Waals surface area contributed by atoms with Crippen LogP contribution in [0.25, 0.3) is 10.9 Å². The van der Waals surface area contributed by atoms with E-state index in [0.717, 1.165) is 51.5 Å². The van der Waals surface area contributed by atoms with Gasteiger partial charge < -0.3 is 32.5 Å². The predicted octanol–water partition coefficient (Wildman–Crippen LogP) is 7.57. The standard InChI is InChI=1S/C36H61N2O8P/c1-5-6-7-8-9-10-11-13-16-23-35(39)43-30-33(31-45-47(41,42)44-29-28-38(2,3)4)46-36(40)24-17-14-12-15-20-26-37-27-25-32-21-18-19-22-34(32)37/h18-19,21-22,25,27,33H,5-17,20,23-24,26,28-31H2,1-4H3/t33-/m1/s1. The Morgan fingerprint density at radius 1 is 0.787 bits per heavy atom. The van der Waals surface area contributed by atoms with Crippen molar-refractivity contribution < 1.29 is 42.1 Å². The smallest absolute Gasteiger partial charge is 0.306 e. The van der Waals surface area contributed by atoms with Crippen molar-refractivity contribution in [1.29, 1.82) is 0 Å². The molecule has 1 heterocycles. The zero-order chi connectivity index (χ0) is 34.4. The maximum Gasteiger partial charge on any atom is 0.306 e.